The highest BCUT2D eigenvalue weighted by Gasteiger charge is 2.35. The van der Waals surface area contributed by atoms with Crippen LogP contribution in [0.15, 0.2) is 29.2 Å². The number of rotatable bonds is 4. The highest BCUT2D eigenvalue weighted by atomic mass is 32.1. The molecular formula is C20H21N7O2S. The molecule has 0 unspecified atom stereocenters. The molecule has 0 atom stereocenters. The van der Waals surface area contributed by atoms with Gasteiger partial charge in [-0.25, -0.2) is 9.97 Å². The zero-order valence-corrected chi connectivity index (χ0v) is 17.5. The molecule has 3 aromatic rings. The number of carbonyl (C=O) groups excluding carboxylic acids is 2. The molecule has 5 heterocycles. The number of likely N-dealkylation sites (tertiary alicyclic amines) is 1. The number of carbonyl (C=O) groups is 2. The van der Waals surface area contributed by atoms with Crippen molar-refractivity contribution < 1.29 is 9.59 Å². The number of amides is 2. The Morgan fingerprint density at radius 2 is 2.10 bits per heavy atom. The summed E-state index contributed by atoms with van der Waals surface area (Å²) in [5.41, 5.74) is 5.72. The largest absolute Gasteiger partial charge is 0.359 e. The van der Waals surface area contributed by atoms with Gasteiger partial charge in [-0.05, 0) is 26.0 Å². The van der Waals surface area contributed by atoms with Crippen LogP contribution in [0, 0.1) is 13.8 Å². The molecule has 1 saturated heterocycles. The summed E-state index contributed by atoms with van der Waals surface area (Å²) in [7, 11) is 0. The number of fused-ring (bicyclic) bond motifs is 1. The van der Waals surface area contributed by atoms with Gasteiger partial charge in [0.2, 0.25) is 5.91 Å². The van der Waals surface area contributed by atoms with Gasteiger partial charge in [-0.2, -0.15) is 5.10 Å². The van der Waals surface area contributed by atoms with Crippen molar-refractivity contribution in [2.45, 2.75) is 26.4 Å². The second kappa shape index (κ2) is 7.21. The fraction of sp³-hybridized carbons (Fsp3) is 0.350. The summed E-state index contributed by atoms with van der Waals surface area (Å²) < 4.78 is 1.99. The van der Waals surface area contributed by atoms with Crippen molar-refractivity contribution in [3.63, 3.8) is 0 Å². The first-order valence-corrected chi connectivity index (χ1v) is 10.7. The number of nitrogens with zero attached hydrogens (tertiary/aromatic N) is 6. The molecule has 10 heteroatoms. The molecule has 2 aliphatic heterocycles. The fourth-order valence-corrected chi connectivity index (χ4v) is 4.48. The number of pyridine rings is 1. The van der Waals surface area contributed by atoms with E-state index in [9.17, 15) is 9.59 Å². The predicted molar refractivity (Wildman–Crippen MR) is 113 cm³/mol. The van der Waals surface area contributed by atoms with Crippen LogP contribution in [0.5, 0.6) is 0 Å². The third-order valence-electron chi connectivity index (χ3n) is 5.46. The molecule has 5 rings (SSSR count). The van der Waals surface area contributed by atoms with Gasteiger partial charge in [-0.3, -0.25) is 14.3 Å². The van der Waals surface area contributed by atoms with E-state index in [0.29, 0.717) is 36.7 Å². The van der Waals surface area contributed by atoms with Crippen molar-refractivity contribution in [2.75, 3.05) is 29.9 Å². The Morgan fingerprint density at radius 3 is 2.80 bits per heavy atom. The first-order chi connectivity index (χ1) is 14.5. The van der Waals surface area contributed by atoms with E-state index in [4.69, 9.17) is 0 Å². The van der Waals surface area contributed by atoms with Gasteiger partial charge >= 0.3 is 0 Å². The number of anilines is 2. The molecule has 0 saturated carbocycles. The van der Waals surface area contributed by atoms with Gasteiger partial charge in [0.25, 0.3) is 5.91 Å². The van der Waals surface area contributed by atoms with Crippen molar-refractivity contribution in [2.24, 2.45) is 0 Å². The Hall–Kier alpha value is -3.27. The van der Waals surface area contributed by atoms with Gasteiger partial charge in [-0.15, -0.1) is 11.3 Å². The van der Waals surface area contributed by atoms with Gasteiger partial charge < -0.3 is 15.1 Å². The van der Waals surface area contributed by atoms with Crippen LogP contribution >= 0.6 is 11.3 Å². The van der Waals surface area contributed by atoms with Gasteiger partial charge in [0.05, 0.1) is 47.3 Å². The summed E-state index contributed by atoms with van der Waals surface area (Å²) in [6, 6.07) is 3.98. The van der Waals surface area contributed by atoms with Crippen LogP contribution in [0.4, 0.5) is 11.5 Å². The molecule has 0 radical (unpaired) electrons. The molecule has 154 valence electrons. The molecular weight excluding hydrogens is 402 g/mol. The molecule has 0 aliphatic carbocycles. The maximum atomic E-state index is 13.0. The Kier molecular flexibility index (Phi) is 4.50. The van der Waals surface area contributed by atoms with Crippen molar-refractivity contribution in [1.29, 1.82) is 0 Å². The quantitative estimate of drug-likeness (QED) is 0.690. The van der Waals surface area contributed by atoms with Gasteiger partial charge in [0.15, 0.2) is 5.82 Å². The average molecular weight is 424 g/mol. The minimum atomic E-state index is -0.0882. The van der Waals surface area contributed by atoms with E-state index >= 15 is 0 Å². The normalized spacial score (nSPS) is 16.3. The Bertz CT molecular complexity index is 1120. The highest BCUT2D eigenvalue weighted by Crippen LogP contribution is 2.31. The summed E-state index contributed by atoms with van der Waals surface area (Å²) >= 11 is 1.49. The SMILES string of the molecule is Cc1cc(C)n(C2CN(C(=O)c3cnc4c(c3)N(Cc3cscn3)C(=O)CN4)C2)n1. The van der Waals surface area contributed by atoms with Crippen LogP contribution in [-0.2, 0) is 11.3 Å². The lowest BCUT2D eigenvalue weighted by atomic mass is 10.1. The van der Waals surface area contributed by atoms with E-state index in [-0.39, 0.29) is 24.4 Å². The summed E-state index contributed by atoms with van der Waals surface area (Å²) in [5, 5.41) is 9.46. The standard InChI is InChI=1S/C20H21N7O2S/c1-12-3-13(2)27(24-12)16-8-25(9-16)20(29)14-4-17-19(21-5-14)22-6-18(28)26(17)7-15-10-30-11-23-15/h3-5,10-11,16H,6-9H2,1-2H3,(H,21,22). The van der Waals surface area contributed by atoms with Gasteiger partial charge in [0.1, 0.15) is 0 Å². The maximum Gasteiger partial charge on any atom is 0.255 e. The van der Waals surface area contributed by atoms with Gasteiger partial charge in [0, 0.05) is 30.4 Å². The maximum absolute atomic E-state index is 13.0. The molecule has 1 N–H and O–H groups in total. The van der Waals surface area contributed by atoms with Crippen molar-refractivity contribution >= 4 is 34.7 Å². The Balaban J connectivity index is 1.35. The number of hydrogen-bond acceptors (Lipinski definition) is 7. The Labute approximate surface area is 177 Å². The van der Waals surface area contributed by atoms with E-state index in [1.54, 1.807) is 27.6 Å². The summed E-state index contributed by atoms with van der Waals surface area (Å²) in [6.45, 7) is 5.75. The smallest absolute Gasteiger partial charge is 0.255 e. The van der Waals surface area contributed by atoms with Crippen LogP contribution in [0.2, 0.25) is 0 Å². The van der Waals surface area contributed by atoms with E-state index in [1.807, 2.05) is 30.0 Å². The zero-order valence-electron chi connectivity index (χ0n) is 16.7. The molecule has 3 aromatic heterocycles. The second-order valence-corrected chi connectivity index (χ2v) is 8.36. The molecule has 2 amide bonds. The number of aryl methyl sites for hydroxylation is 2. The van der Waals surface area contributed by atoms with Gasteiger partial charge in [-0.1, -0.05) is 0 Å². The number of nitrogens with one attached hydrogen (secondary N) is 1. The van der Waals surface area contributed by atoms with E-state index in [0.717, 1.165) is 17.1 Å². The highest BCUT2D eigenvalue weighted by molar-refractivity contribution is 7.07. The lowest BCUT2D eigenvalue weighted by molar-refractivity contribution is -0.117. The van der Waals surface area contributed by atoms with Crippen LogP contribution < -0.4 is 10.2 Å². The second-order valence-electron chi connectivity index (χ2n) is 7.64. The minimum Gasteiger partial charge on any atom is -0.359 e. The van der Waals surface area contributed by atoms with Crippen molar-refractivity contribution in [1.82, 2.24) is 24.6 Å². The minimum absolute atomic E-state index is 0.0737. The molecule has 30 heavy (non-hydrogen) atoms. The average Bonchev–Trinajstić information content (AvgIpc) is 3.32. The fourth-order valence-electron chi connectivity index (χ4n) is 3.93. The summed E-state index contributed by atoms with van der Waals surface area (Å²) in [5.74, 6) is 0.440. The molecule has 0 spiro atoms. The van der Waals surface area contributed by atoms with Crippen LogP contribution in [-0.4, -0.2) is 56.1 Å². The predicted octanol–water partition coefficient (Wildman–Crippen LogP) is 2.01. The lowest BCUT2D eigenvalue weighted by Gasteiger charge is -2.40. The van der Waals surface area contributed by atoms with Crippen molar-refractivity contribution in [3.8, 4) is 0 Å². The Morgan fingerprint density at radius 1 is 1.27 bits per heavy atom. The van der Waals surface area contributed by atoms with Crippen LogP contribution in [0.3, 0.4) is 0 Å². The van der Waals surface area contributed by atoms with E-state index in [2.05, 4.69) is 20.4 Å². The molecule has 0 bridgehead atoms. The number of aromatic nitrogens is 4. The molecule has 9 nitrogen and oxygen atoms in total. The van der Waals surface area contributed by atoms with Crippen LogP contribution in [0.25, 0.3) is 0 Å². The first kappa shape index (κ1) is 18.7. The molecule has 2 aliphatic rings. The monoisotopic (exact) mass is 423 g/mol. The number of thiazole rings is 1. The lowest BCUT2D eigenvalue weighted by Crippen LogP contribution is -2.51. The summed E-state index contributed by atoms with van der Waals surface area (Å²) in [6.07, 6.45) is 1.57. The molecule has 1 fully saturated rings. The van der Waals surface area contributed by atoms with Crippen LogP contribution in [0.1, 0.15) is 33.5 Å². The van der Waals surface area contributed by atoms with Crippen molar-refractivity contribution in [3.05, 3.63) is 51.9 Å². The van der Waals surface area contributed by atoms with E-state index in [1.165, 1.54) is 11.3 Å². The first-order valence-electron chi connectivity index (χ1n) is 9.73. The molecule has 0 aromatic carbocycles. The zero-order chi connectivity index (χ0) is 20.8. The summed E-state index contributed by atoms with van der Waals surface area (Å²) in [4.78, 5) is 37.6. The van der Waals surface area contributed by atoms with E-state index < -0.39 is 0 Å². The number of hydrogen-bond donors (Lipinski definition) is 1. The third-order valence-corrected chi connectivity index (χ3v) is 6.09. The topological polar surface area (TPSA) is 96.3 Å². The third kappa shape index (κ3) is 3.22.